The van der Waals surface area contributed by atoms with Gasteiger partial charge in [-0.1, -0.05) is 35.3 Å². The molecule has 2 N–H and O–H groups in total. The number of hydrogen-bond donors (Lipinski definition) is 2. The number of phenols is 1. The summed E-state index contributed by atoms with van der Waals surface area (Å²) >= 11 is 12.4. The topological polar surface area (TPSA) is 61.3 Å². The minimum atomic E-state index is -0.104. The standard InChI is InChI=1S/C27H26Cl2N4O/c1-33(2)15-17-5-8-25(31-13-17)32-26-20(9-16-3-4-16)14-30-24-7-6-18(10-21(24)26)19-11-22(28)27(34)23(29)12-19/h5-8,10-14,16,34H,3-4,9,15H2,1-2H3,(H,30,31,32). The van der Waals surface area contributed by atoms with E-state index in [1.54, 1.807) is 12.1 Å². The minimum Gasteiger partial charge on any atom is -0.505 e. The van der Waals surface area contributed by atoms with Crippen molar-refractivity contribution in [2.75, 3.05) is 19.4 Å². The molecular formula is C27H26Cl2N4O. The molecule has 34 heavy (non-hydrogen) atoms. The predicted molar refractivity (Wildman–Crippen MR) is 140 cm³/mol. The molecule has 0 unspecified atom stereocenters. The number of nitrogens with zero attached hydrogens (tertiary/aromatic N) is 3. The lowest BCUT2D eigenvalue weighted by Gasteiger charge is -2.16. The SMILES string of the molecule is CN(C)Cc1ccc(Nc2c(CC3CC3)cnc3ccc(-c4cc(Cl)c(O)c(Cl)c4)cc23)nc1. The molecule has 5 rings (SSSR count). The van der Waals surface area contributed by atoms with E-state index in [9.17, 15) is 5.11 Å². The molecular weight excluding hydrogens is 467 g/mol. The van der Waals surface area contributed by atoms with Crippen LogP contribution in [0.2, 0.25) is 10.0 Å². The number of hydrogen-bond acceptors (Lipinski definition) is 5. The Morgan fingerprint density at radius 2 is 1.74 bits per heavy atom. The van der Waals surface area contributed by atoms with Crippen molar-refractivity contribution in [2.24, 2.45) is 5.92 Å². The van der Waals surface area contributed by atoms with Gasteiger partial charge in [0.25, 0.3) is 0 Å². The van der Waals surface area contributed by atoms with Crippen LogP contribution < -0.4 is 5.32 Å². The lowest BCUT2D eigenvalue weighted by atomic mass is 9.99. The van der Waals surface area contributed by atoms with Crippen LogP contribution in [0.15, 0.2) is 54.9 Å². The van der Waals surface area contributed by atoms with E-state index in [0.29, 0.717) is 5.92 Å². The Morgan fingerprint density at radius 1 is 0.971 bits per heavy atom. The third kappa shape index (κ3) is 4.97. The Morgan fingerprint density at radius 3 is 2.38 bits per heavy atom. The zero-order valence-corrected chi connectivity index (χ0v) is 20.7. The Labute approximate surface area is 209 Å². The number of aromatic nitrogens is 2. The number of rotatable bonds is 7. The van der Waals surface area contributed by atoms with Crippen molar-refractivity contribution in [3.8, 4) is 16.9 Å². The van der Waals surface area contributed by atoms with Gasteiger partial charge in [-0.2, -0.15) is 0 Å². The Kier molecular flexibility index (Phi) is 6.34. The van der Waals surface area contributed by atoms with Gasteiger partial charge >= 0.3 is 0 Å². The van der Waals surface area contributed by atoms with E-state index >= 15 is 0 Å². The van der Waals surface area contributed by atoms with Gasteiger partial charge < -0.3 is 15.3 Å². The third-order valence-electron chi connectivity index (χ3n) is 6.08. The van der Waals surface area contributed by atoms with Crippen molar-refractivity contribution < 1.29 is 5.11 Å². The minimum absolute atomic E-state index is 0.104. The zero-order valence-electron chi connectivity index (χ0n) is 19.1. The summed E-state index contributed by atoms with van der Waals surface area (Å²) in [4.78, 5) is 11.5. The number of halogens is 2. The molecule has 0 radical (unpaired) electrons. The first-order valence-electron chi connectivity index (χ1n) is 11.3. The van der Waals surface area contributed by atoms with E-state index in [1.807, 2.05) is 44.7 Å². The second kappa shape index (κ2) is 9.41. The summed E-state index contributed by atoms with van der Waals surface area (Å²) in [6, 6.07) is 13.7. The molecule has 174 valence electrons. The summed E-state index contributed by atoms with van der Waals surface area (Å²) in [5.41, 5.74) is 6.05. The molecule has 0 aliphatic heterocycles. The molecule has 0 amide bonds. The fraction of sp³-hybridized carbons (Fsp3) is 0.259. The molecule has 0 atom stereocenters. The van der Waals surface area contributed by atoms with E-state index in [4.69, 9.17) is 28.2 Å². The van der Waals surface area contributed by atoms with E-state index in [2.05, 4.69) is 27.3 Å². The summed E-state index contributed by atoms with van der Waals surface area (Å²) in [5.74, 6) is 1.41. The van der Waals surface area contributed by atoms with E-state index in [-0.39, 0.29) is 15.8 Å². The van der Waals surface area contributed by atoms with Gasteiger partial charge in [0.1, 0.15) is 5.82 Å². The number of anilines is 2. The normalized spacial score (nSPS) is 13.6. The molecule has 1 fully saturated rings. The number of benzene rings is 2. The molecule has 2 aromatic carbocycles. The summed E-state index contributed by atoms with van der Waals surface area (Å²) in [6.07, 6.45) is 7.42. The Bertz CT molecular complexity index is 1330. The van der Waals surface area contributed by atoms with Gasteiger partial charge in [0.15, 0.2) is 5.75 Å². The molecule has 5 nitrogen and oxygen atoms in total. The number of phenolic OH excluding ortho intramolecular Hbond substituents is 1. The Balaban J connectivity index is 1.58. The average Bonchev–Trinajstić information content (AvgIpc) is 3.63. The van der Waals surface area contributed by atoms with Crippen LogP contribution in [0.5, 0.6) is 5.75 Å². The van der Waals surface area contributed by atoms with Crippen LogP contribution in [-0.2, 0) is 13.0 Å². The highest BCUT2D eigenvalue weighted by atomic mass is 35.5. The van der Waals surface area contributed by atoms with Crippen LogP contribution in [-0.4, -0.2) is 34.1 Å². The molecule has 0 bridgehead atoms. The number of aromatic hydroxyl groups is 1. The molecule has 7 heteroatoms. The van der Waals surface area contributed by atoms with Crippen molar-refractivity contribution in [3.05, 3.63) is 76.0 Å². The van der Waals surface area contributed by atoms with Crippen LogP contribution >= 0.6 is 23.2 Å². The molecule has 1 aliphatic rings. The summed E-state index contributed by atoms with van der Waals surface area (Å²) in [5, 5.41) is 15.0. The van der Waals surface area contributed by atoms with E-state index in [0.717, 1.165) is 52.1 Å². The van der Waals surface area contributed by atoms with E-state index < -0.39 is 0 Å². The molecule has 2 heterocycles. The Hall–Kier alpha value is -2.86. The lowest BCUT2D eigenvalue weighted by Crippen LogP contribution is -2.11. The van der Waals surface area contributed by atoms with Gasteiger partial charge in [0, 0.05) is 24.3 Å². The van der Waals surface area contributed by atoms with Crippen LogP contribution in [0, 0.1) is 5.92 Å². The highest BCUT2D eigenvalue weighted by Crippen LogP contribution is 2.40. The largest absolute Gasteiger partial charge is 0.505 e. The van der Waals surface area contributed by atoms with Crippen LogP contribution in [0.1, 0.15) is 24.0 Å². The fourth-order valence-corrected chi connectivity index (χ4v) is 4.65. The van der Waals surface area contributed by atoms with Gasteiger partial charge in [-0.05, 0) is 91.9 Å². The summed E-state index contributed by atoms with van der Waals surface area (Å²) < 4.78 is 0. The number of nitrogens with one attached hydrogen (secondary N) is 1. The first-order chi connectivity index (χ1) is 16.4. The van der Waals surface area contributed by atoms with Crippen molar-refractivity contribution in [1.29, 1.82) is 0 Å². The van der Waals surface area contributed by atoms with Gasteiger partial charge in [-0.15, -0.1) is 0 Å². The lowest BCUT2D eigenvalue weighted by molar-refractivity contribution is 0.402. The molecule has 0 spiro atoms. The highest BCUT2D eigenvalue weighted by Gasteiger charge is 2.24. The van der Waals surface area contributed by atoms with Gasteiger partial charge in [-0.25, -0.2) is 4.98 Å². The van der Waals surface area contributed by atoms with Gasteiger partial charge in [0.2, 0.25) is 0 Å². The van der Waals surface area contributed by atoms with Crippen molar-refractivity contribution in [1.82, 2.24) is 14.9 Å². The second-order valence-corrected chi connectivity index (χ2v) is 10.1. The molecule has 2 aromatic heterocycles. The molecule has 1 aliphatic carbocycles. The third-order valence-corrected chi connectivity index (χ3v) is 6.66. The highest BCUT2D eigenvalue weighted by molar-refractivity contribution is 6.37. The van der Waals surface area contributed by atoms with Crippen molar-refractivity contribution in [2.45, 2.75) is 25.8 Å². The zero-order chi connectivity index (χ0) is 23.8. The molecule has 1 saturated carbocycles. The first kappa shape index (κ1) is 22.9. The fourth-order valence-electron chi connectivity index (χ4n) is 4.17. The quantitative estimate of drug-likeness (QED) is 0.288. The van der Waals surface area contributed by atoms with Crippen LogP contribution in [0.25, 0.3) is 22.0 Å². The summed E-state index contributed by atoms with van der Waals surface area (Å²) in [6.45, 7) is 0.847. The molecule has 4 aromatic rings. The van der Waals surface area contributed by atoms with Crippen LogP contribution in [0.3, 0.4) is 0 Å². The maximum absolute atomic E-state index is 9.96. The monoisotopic (exact) mass is 492 g/mol. The maximum atomic E-state index is 9.96. The number of pyridine rings is 2. The summed E-state index contributed by atoms with van der Waals surface area (Å²) in [7, 11) is 4.09. The second-order valence-electron chi connectivity index (χ2n) is 9.24. The maximum Gasteiger partial charge on any atom is 0.152 e. The molecule has 0 saturated heterocycles. The van der Waals surface area contributed by atoms with E-state index in [1.165, 1.54) is 18.4 Å². The first-order valence-corrected chi connectivity index (χ1v) is 12.1. The average molecular weight is 493 g/mol. The predicted octanol–water partition coefficient (Wildman–Crippen LogP) is 7.07. The smallest absolute Gasteiger partial charge is 0.152 e. The van der Waals surface area contributed by atoms with Gasteiger partial charge in [-0.3, -0.25) is 4.98 Å². The van der Waals surface area contributed by atoms with Gasteiger partial charge in [0.05, 0.1) is 21.2 Å². The number of fused-ring (bicyclic) bond motifs is 1. The van der Waals surface area contributed by atoms with Crippen molar-refractivity contribution >= 4 is 45.6 Å². The van der Waals surface area contributed by atoms with Crippen molar-refractivity contribution in [3.63, 3.8) is 0 Å². The van der Waals surface area contributed by atoms with Crippen LogP contribution in [0.4, 0.5) is 11.5 Å².